The maximum absolute atomic E-state index is 12.8. The zero-order valence-corrected chi connectivity index (χ0v) is 9.83. The summed E-state index contributed by atoms with van der Waals surface area (Å²) in [6.45, 7) is -5.58. The number of hydrogen-bond donors (Lipinski definition) is 0. The van der Waals surface area contributed by atoms with Crippen LogP contribution in [0.15, 0.2) is 0 Å². The van der Waals surface area contributed by atoms with Gasteiger partial charge < -0.3 is 9.47 Å². The summed E-state index contributed by atoms with van der Waals surface area (Å²) in [5.74, 6) is -17.5. The van der Waals surface area contributed by atoms with E-state index >= 15 is 0 Å². The molecule has 0 saturated heterocycles. The molecular formula is C8H4F10O4. The lowest BCUT2D eigenvalue weighted by Gasteiger charge is -2.25. The van der Waals surface area contributed by atoms with Crippen molar-refractivity contribution in [2.24, 2.45) is 0 Å². The summed E-state index contributed by atoms with van der Waals surface area (Å²) >= 11 is 0. The molecule has 14 heteroatoms. The molecule has 22 heavy (non-hydrogen) atoms. The van der Waals surface area contributed by atoms with Crippen LogP contribution in [-0.2, 0) is 19.1 Å². The maximum Gasteiger partial charge on any atom is 0.490 e. The number of carbonyl (C=O) groups excluding carboxylic acids is 2. The molecule has 0 rings (SSSR count). The summed E-state index contributed by atoms with van der Waals surface area (Å²) in [6, 6.07) is 0. The van der Waals surface area contributed by atoms with E-state index in [-0.39, 0.29) is 0 Å². The number of ether oxygens (including phenoxy) is 2. The second kappa shape index (κ2) is 6.16. The van der Waals surface area contributed by atoms with Crippen LogP contribution in [0, 0.1) is 0 Å². The van der Waals surface area contributed by atoms with Crippen LogP contribution >= 0.6 is 0 Å². The van der Waals surface area contributed by atoms with E-state index in [1.165, 1.54) is 0 Å². The maximum atomic E-state index is 12.8. The van der Waals surface area contributed by atoms with Crippen molar-refractivity contribution < 1.29 is 63.0 Å². The van der Waals surface area contributed by atoms with Gasteiger partial charge in [-0.15, -0.1) is 0 Å². The van der Waals surface area contributed by atoms with Crippen LogP contribution in [0.4, 0.5) is 43.9 Å². The number of rotatable bonds is 5. The summed E-state index contributed by atoms with van der Waals surface area (Å²) in [5, 5.41) is 0. The fourth-order valence-corrected chi connectivity index (χ4v) is 0.687. The van der Waals surface area contributed by atoms with Crippen molar-refractivity contribution >= 4 is 11.9 Å². The molecule has 0 fully saturated rings. The highest BCUT2D eigenvalue weighted by Gasteiger charge is 2.59. The third-order valence-electron chi connectivity index (χ3n) is 1.77. The molecule has 0 aliphatic carbocycles. The minimum atomic E-state index is -5.74. The summed E-state index contributed by atoms with van der Waals surface area (Å²) in [7, 11) is 0. The summed E-state index contributed by atoms with van der Waals surface area (Å²) in [6.07, 6.45) is -11.5. The Labute approximate surface area is 113 Å². The van der Waals surface area contributed by atoms with Gasteiger partial charge in [-0.1, -0.05) is 0 Å². The Balaban J connectivity index is 4.74. The van der Waals surface area contributed by atoms with Gasteiger partial charge in [0.1, 0.15) is 0 Å². The lowest BCUT2D eigenvalue weighted by molar-refractivity contribution is -0.261. The molecule has 0 spiro atoms. The Morgan fingerprint density at radius 1 is 0.591 bits per heavy atom. The van der Waals surface area contributed by atoms with Crippen molar-refractivity contribution in [3.63, 3.8) is 0 Å². The highest BCUT2D eigenvalue weighted by molar-refractivity contribution is 5.76. The highest BCUT2D eigenvalue weighted by Crippen LogP contribution is 2.35. The quantitative estimate of drug-likeness (QED) is 0.562. The first kappa shape index (κ1) is 20.2. The van der Waals surface area contributed by atoms with Gasteiger partial charge >= 0.3 is 36.1 Å². The Bertz CT molecular complexity index is 384. The molecule has 0 aromatic carbocycles. The Morgan fingerprint density at radius 2 is 0.818 bits per heavy atom. The van der Waals surface area contributed by atoms with E-state index in [4.69, 9.17) is 0 Å². The number of hydrogen-bond acceptors (Lipinski definition) is 4. The molecule has 0 aliphatic rings. The minimum Gasteiger partial charge on any atom is -0.452 e. The van der Waals surface area contributed by atoms with E-state index in [9.17, 15) is 53.5 Å². The van der Waals surface area contributed by atoms with E-state index in [0.29, 0.717) is 0 Å². The van der Waals surface area contributed by atoms with Gasteiger partial charge in [-0.2, -0.15) is 43.9 Å². The van der Waals surface area contributed by atoms with Gasteiger partial charge in [0.15, 0.2) is 13.2 Å². The van der Waals surface area contributed by atoms with Crippen LogP contribution in [0.2, 0.25) is 0 Å². The Kier molecular flexibility index (Phi) is 5.67. The summed E-state index contributed by atoms with van der Waals surface area (Å²) in [5.41, 5.74) is 0. The monoisotopic (exact) mass is 354 g/mol. The van der Waals surface area contributed by atoms with Gasteiger partial charge in [0, 0.05) is 0 Å². The average Bonchev–Trinajstić information content (AvgIpc) is 2.30. The Morgan fingerprint density at radius 3 is 1.00 bits per heavy atom. The topological polar surface area (TPSA) is 52.6 Å². The van der Waals surface area contributed by atoms with E-state index < -0.39 is 49.4 Å². The van der Waals surface area contributed by atoms with Crippen molar-refractivity contribution in [2.45, 2.75) is 24.2 Å². The molecule has 0 radical (unpaired) electrons. The van der Waals surface area contributed by atoms with Crippen molar-refractivity contribution in [3.8, 4) is 0 Å². The SMILES string of the molecule is O=C(OCC(F)(F)C(F)(F)COC(=O)C(F)(F)F)C(F)(F)F. The predicted octanol–water partition coefficient (Wildman–Crippen LogP) is 2.47. The van der Waals surface area contributed by atoms with Crippen LogP contribution in [0.3, 0.4) is 0 Å². The van der Waals surface area contributed by atoms with Crippen molar-refractivity contribution in [3.05, 3.63) is 0 Å². The number of alkyl halides is 10. The second-order valence-electron chi connectivity index (χ2n) is 3.56. The van der Waals surface area contributed by atoms with Gasteiger partial charge in [0.05, 0.1) is 0 Å². The molecule has 0 saturated carbocycles. The van der Waals surface area contributed by atoms with Gasteiger partial charge in [0.2, 0.25) is 0 Å². The first-order valence-corrected chi connectivity index (χ1v) is 4.74. The highest BCUT2D eigenvalue weighted by atomic mass is 19.4. The van der Waals surface area contributed by atoms with Gasteiger partial charge in [-0.05, 0) is 0 Å². The second-order valence-corrected chi connectivity index (χ2v) is 3.56. The molecule has 4 nitrogen and oxygen atoms in total. The van der Waals surface area contributed by atoms with Crippen LogP contribution in [-0.4, -0.2) is 49.4 Å². The standard InChI is InChI=1S/C8H4F10O4/c9-5(10,1-21-3(19)7(13,14)15)6(11,12)2-22-4(20)8(16,17)18/h1-2H2. The smallest absolute Gasteiger partial charge is 0.452 e. The normalized spacial score (nSPS) is 13.7. The molecular weight excluding hydrogens is 350 g/mol. The third kappa shape index (κ3) is 5.55. The van der Waals surface area contributed by atoms with Gasteiger partial charge in [-0.3, -0.25) is 0 Å². The molecule has 0 heterocycles. The molecule has 130 valence electrons. The summed E-state index contributed by atoms with van der Waals surface area (Å²) < 4.78 is 127. The largest absolute Gasteiger partial charge is 0.490 e. The molecule has 0 amide bonds. The van der Waals surface area contributed by atoms with Gasteiger partial charge in [0.25, 0.3) is 0 Å². The predicted molar refractivity (Wildman–Crippen MR) is 43.9 cm³/mol. The van der Waals surface area contributed by atoms with Crippen LogP contribution in [0.25, 0.3) is 0 Å². The molecule has 0 aromatic heterocycles. The Hall–Kier alpha value is -1.76. The molecule has 0 aromatic rings. The van der Waals surface area contributed by atoms with Crippen LogP contribution < -0.4 is 0 Å². The average molecular weight is 354 g/mol. The van der Waals surface area contributed by atoms with Crippen molar-refractivity contribution in [1.29, 1.82) is 0 Å². The van der Waals surface area contributed by atoms with Crippen molar-refractivity contribution in [2.75, 3.05) is 13.2 Å². The molecule has 0 N–H and O–H groups in total. The van der Waals surface area contributed by atoms with Crippen LogP contribution in [0.5, 0.6) is 0 Å². The van der Waals surface area contributed by atoms with E-state index in [1.807, 2.05) is 0 Å². The van der Waals surface area contributed by atoms with E-state index in [2.05, 4.69) is 9.47 Å². The molecule has 0 unspecified atom stereocenters. The van der Waals surface area contributed by atoms with E-state index in [0.717, 1.165) is 0 Å². The van der Waals surface area contributed by atoms with Crippen LogP contribution in [0.1, 0.15) is 0 Å². The lowest BCUT2D eigenvalue weighted by Crippen LogP contribution is -2.49. The lowest BCUT2D eigenvalue weighted by atomic mass is 10.2. The van der Waals surface area contributed by atoms with Crippen molar-refractivity contribution in [1.82, 2.24) is 0 Å². The minimum absolute atomic E-state index is 2.79. The fourth-order valence-electron chi connectivity index (χ4n) is 0.687. The van der Waals surface area contributed by atoms with Gasteiger partial charge in [-0.25, -0.2) is 9.59 Å². The number of carbonyl (C=O) groups is 2. The molecule has 0 atom stereocenters. The number of esters is 2. The first-order chi connectivity index (χ1) is 9.51. The third-order valence-corrected chi connectivity index (χ3v) is 1.77. The fraction of sp³-hybridized carbons (Fsp3) is 0.750. The zero-order valence-electron chi connectivity index (χ0n) is 9.83. The summed E-state index contributed by atoms with van der Waals surface area (Å²) in [4.78, 5) is 20.2. The molecule has 0 aliphatic heterocycles. The molecule has 0 bridgehead atoms. The zero-order chi connectivity index (χ0) is 18.0. The van der Waals surface area contributed by atoms with E-state index in [1.54, 1.807) is 0 Å². The first-order valence-electron chi connectivity index (χ1n) is 4.74. The number of halogens is 10.